The smallest absolute Gasteiger partial charge is 0.00178 e. The standard InChI is InChI=1S/C18H37N/c1-14(2)12-19-13-17-8-7-15(3)11-16(17)9-10-18(4,5)6/h14-17,19H,7-13H2,1-6H3. The van der Waals surface area contributed by atoms with Crippen molar-refractivity contribution in [3.63, 3.8) is 0 Å². The Kier molecular flexibility index (Phi) is 6.86. The molecule has 0 amide bonds. The molecule has 0 aromatic heterocycles. The minimum atomic E-state index is 0.497. The van der Waals surface area contributed by atoms with Gasteiger partial charge in [-0.25, -0.2) is 0 Å². The zero-order chi connectivity index (χ0) is 14.5. The van der Waals surface area contributed by atoms with Gasteiger partial charge in [0.2, 0.25) is 0 Å². The fourth-order valence-electron chi connectivity index (χ4n) is 3.36. The highest BCUT2D eigenvalue weighted by molar-refractivity contribution is 4.81. The van der Waals surface area contributed by atoms with Crippen molar-refractivity contribution in [3.8, 4) is 0 Å². The van der Waals surface area contributed by atoms with Gasteiger partial charge in [0.05, 0.1) is 0 Å². The van der Waals surface area contributed by atoms with Crippen LogP contribution in [0.4, 0.5) is 0 Å². The molecular weight excluding hydrogens is 230 g/mol. The second-order valence-corrected chi connectivity index (χ2v) is 8.59. The van der Waals surface area contributed by atoms with Crippen LogP contribution in [0.2, 0.25) is 0 Å². The summed E-state index contributed by atoms with van der Waals surface area (Å²) in [5.74, 6) is 3.61. The first-order chi connectivity index (χ1) is 8.78. The number of rotatable bonds is 6. The molecule has 1 nitrogen and oxygen atoms in total. The number of hydrogen-bond acceptors (Lipinski definition) is 1. The molecule has 114 valence electrons. The lowest BCUT2D eigenvalue weighted by Crippen LogP contribution is -2.34. The molecule has 3 unspecified atom stereocenters. The maximum absolute atomic E-state index is 3.70. The topological polar surface area (TPSA) is 12.0 Å². The third kappa shape index (κ3) is 7.34. The molecule has 0 saturated heterocycles. The van der Waals surface area contributed by atoms with E-state index in [0.717, 1.165) is 23.7 Å². The van der Waals surface area contributed by atoms with Gasteiger partial charge in [0.1, 0.15) is 0 Å². The van der Waals surface area contributed by atoms with Crippen LogP contribution in [0.5, 0.6) is 0 Å². The summed E-state index contributed by atoms with van der Waals surface area (Å²) in [7, 11) is 0. The van der Waals surface area contributed by atoms with Gasteiger partial charge in [-0.3, -0.25) is 0 Å². The van der Waals surface area contributed by atoms with Crippen LogP contribution in [-0.4, -0.2) is 13.1 Å². The summed E-state index contributed by atoms with van der Waals surface area (Å²) < 4.78 is 0. The average molecular weight is 268 g/mol. The van der Waals surface area contributed by atoms with Gasteiger partial charge in [-0.05, 0) is 67.9 Å². The van der Waals surface area contributed by atoms with Crippen LogP contribution >= 0.6 is 0 Å². The van der Waals surface area contributed by atoms with E-state index in [1.807, 2.05) is 0 Å². The van der Waals surface area contributed by atoms with Crippen molar-refractivity contribution in [3.05, 3.63) is 0 Å². The first kappa shape index (κ1) is 17.0. The Morgan fingerprint density at radius 2 is 1.79 bits per heavy atom. The Morgan fingerprint density at radius 3 is 2.37 bits per heavy atom. The molecule has 1 rings (SSSR count). The van der Waals surface area contributed by atoms with Crippen LogP contribution in [0.15, 0.2) is 0 Å². The Hall–Kier alpha value is -0.0400. The third-order valence-electron chi connectivity index (χ3n) is 4.63. The van der Waals surface area contributed by atoms with Gasteiger partial charge in [-0.1, -0.05) is 48.0 Å². The fourth-order valence-corrected chi connectivity index (χ4v) is 3.36. The largest absolute Gasteiger partial charge is 0.316 e. The van der Waals surface area contributed by atoms with Gasteiger partial charge >= 0.3 is 0 Å². The summed E-state index contributed by atoms with van der Waals surface area (Å²) in [5, 5.41) is 3.70. The predicted molar refractivity (Wildman–Crippen MR) is 86.4 cm³/mol. The van der Waals surface area contributed by atoms with E-state index in [-0.39, 0.29) is 0 Å². The molecule has 1 heteroatoms. The highest BCUT2D eigenvalue weighted by Crippen LogP contribution is 2.38. The van der Waals surface area contributed by atoms with Crippen LogP contribution in [0.25, 0.3) is 0 Å². The average Bonchev–Trinajstić information content (AvgIpc) is 2.27. The van der Waals surface area contributed by atoms with Gasteiger partial charge in [-0.15, -0.1) is 0 Å². The van der Waals surface area contributed by atoms with Crippen LogP contribution < -0.4 is 5.32 Å². The van der Waals surface area contributed by atoms with Crippen LogP contribution in [0, 0.1) is 29.1 Å². The molecule has 0 spiro atoms. The van der Waals surface area contributed by atoms with Gasteiger partial charge < -0.3 is 5.32 Å². The van der Waals surface area contributed by atoms with E-state index >= 15 is 0 Å². The SMILES string of the molecule is CC(C)CNCC1CCC(C)CC1CCC(C)(C)C. The van der Waals surface area contributed by atoms with Gasteiger partial charge in [0.25, 0.3) is 0 Å². The third-order valence-corrected chi connectivity index (χ3v) is 4.63. The van der Waals surface area contributed by atoms with Crippen molar-refractivity contribution in [1.29, 1.82) is 0 Å². The Bertz CT molecular complexity index is 239. The number of hydrogen-bond donors (Lipinski definition) is 1. The van der Waals surface area contributed by atoms with E-state index in [0.29, 0.717) is 5.41 Å². The molecule has 1 aliphatic carbocycles. The summed E-state index contributed by atoms with van der Waals surface area (Å²) in [6.07, 6.45) is 7.16. The lowest BCUT2D eigenvalue weighted by Gasteiger charge is -2.36. The minimum Gasteiger partial charge on any atom is -0.316 e. The molecule has 19 heavy (non-hydrogen) atoms. The lowest BCUT2D eigenvalue weighted by atomic mass is 9.71. The van der Waals surface area contributed by atoms with Crippen molar-refractivity contribution < 1.29 is 0 Å². The monoisotopic (exact) mass is 267 g/mol. The van der Waals surface area contributed by atoms with Crippen LogP contribution in [0.1, 0.15) is 73.6 Å². The van der Waals surface area contributed by atoms with Gasteiger partial charge in [-0.2, -0.15) is 0 Å². The molecule has 1 fully saturated rings. The highest BCUT2D eigenvalue weighted by Gasteiger charge is 2.29. The summed E-state index contributed by atoms with van der Waals surface area (Å²) in [6.45, 7) is 16.6. The molecule has 0 aliphatic heterocycles. The maximum Gasteiger partial charge on any atom is -0.00178 e. The van der Waals surface area contributed by atoms with E-state index in [1.54, 1.807) is 0 Å². The second-order valence-electron chi connectivity index (χ2n) is 8.59. The lowest BCUT2D eigenvalue weighted by molar-refractivity contribution is 0.156. The molecule has 1 aliphatic rings. The van der Waals surface area contributed by atoms with E-state index in [1.165, 1.54) is 45.2 Å². The molecule has 0 heterocycles. The summed E-state index contributed by atoms with van der Waals surface area (Å²) in [5.41, 5.74) is 0.497. The zero-order valence-electron chi connectivity index (χ0n) is 14.3. The second kappa shape index (κ2) is 7.67. The van der Waals surface area contributed by atoms with Gasteiger partial charge in [0.15, 0.2) is 0 Å². The highest BCUT2D eigenvalue weighted by atomic mass is 14.9. The van der Waals surface area contributed by atoms with E-state index in [9.17, 15) is 0 Å². The molecular formula is C18H37N. The Morgan fingerprint density at radius 1 is 1.11 bits per heavy atom. The van der Waals surface area contributed by atoms with Crippen molar-refractivity contribution in [1.82, 2.24) is 5.32 Å². The summed E-state index contributed by atoms with van der Waals surface area (Å²) in [4.78, 5) is 0. The predicted octanol–water partition coefficient (Wildman–Crippen LogP) is 5.11. The summed E-state index contributed by atoms with van der Waals surface area (Å²) >= 11 is 0. The maximum atomic E-state index is 3.70. The molecule has 0 bridgehead atoms. The van der Waals surface area contributed by atoms with E-state index in [4.69, 9.17) is 0 Å². The Balaban J connectivity index is 2.41. The van der Waals surface area contributed by atoms with Crippen LogP contribution in [0.3, 0.4) is 0 Å². The molecule has 0 aromatic carbocycles. The van der Waals surface area contributed by atoms with Gasteiger partial charge in [0, 0.05) is 0 Å². The van der Waals surface area contributed by atoms with Crippen molar-refractivity contribution in [2.75, 3.05) is 13.1 Å². The first-order valence-corrected chi connectivity index (χ1v) is 8.48. The molecule has 3 atom stereocenters. The fraction of sp³-hybridized carbons (Fsp3) is 1.00. The van der Waals surface area contributed by atoms with E-state index in [2.05, 4.69) is 46.9 Å². The van der Waals surface area contributed by atoms with Crippen molar-refractivity contribution in [2.24, 2.45) is 29.1 Å². The van der Waals surface area contributed by atoms with E-state index < -0.39 is 0 Å². The molecule has 1 N–H and O–H groups in total. The quantitative estimate of drug-likeness (QED) is 0.705. The number of nitrogens with one attached hydrogen (secondary N) is 1. The molecule has 0 radical (unpaired) electrons. The first-order valence-electron chi connectivity index (χ1n) is 8.48. The normalized spacial score (nSPS) is 28.9. The molecule has 1 saturated carbocycles. The molecule has 0 aromatic rings. The van der Waals surface area contributed by atoms with Crippen molar-refractivity contribution in [2.45, 2.75) is 73.6 Å². The summed E-state index contributed by atoms with van der Waals surface area (Å²) in [6, 6.07) is 0. The van der Waals surface area contributed by atoms with Crippen LogP contribution in [-0.2, 0) is 0 Å². The van der Waals surface area contributed by atoms with Crippen molar-refractivity contribution >= 4 is 0 Å². The zero-order valence-corrected chi connectivity index (χ0v) is 14.3. The minimum absolute atomic E-state index is 0.497. The Labute approximate surface area is 121 Å².